The number of rotatable bonds is 3. The van der Waals surface area contributed by atoms with Gasteiger partial charge in [-0.1, -0.05) is 0 Å². The van der Waals surface area contributed by atoms with E-state index >= 15 is 0 Å². The average molecular weight is 268 g/mol. The highest BCUT2D eigenvalue weighted by Crippen LogP contribution is 2.29. The van der Waals surface area contributed by atoms with Crippen LogP contribution in [0.2, 0.25) is 0 Å². The van der Waals surface area contributed by atoms with Crippen molar-refractivity contribution in [3.05, 3.63) is 23.5 Å². The van der Waals surface area contributed by atoms with Crippen LogP contribution in [0.3, 0.4) is 0 Å². The van der Waals surface area contributed by atoms with Crippen molar-refractivity contribution in [2.24, 2.45) is 0 Å². The Morgan fingerprint density at radius 2 is 1.95 bits per heavy atom. The first kappa shape index (κ1) is 13.6. The van der Waals surface area contributed by atoms with Gasteiger partial charge in [-0.2, -0.15) is 0 Å². The molecule has 0 spiro atoms. The van der Waals surface area contributed by atoms with E-state index < -0.39 is 11.8 Å². The molecule has 0 unspecified atom stereocenters. The third-order valence-electron chi connectivity index (χ3n) is 3.33. The Balaban J connectivity index is 2.34. The SMILES string of the molecule is COc1c(F)cc(N2CCN(C)CC2)cc1C(=O)O. The number of benzene rings is 1. The summed E-state index contributed by atoms with van der Waals surface area (Å²) in [4.78, 5) is 15.3. The molecule has 0 bridgehead atoms. The van der Waals surface area contributed by atoms with Gasteiger partial charge >= 0.3 is 5.97 Å². The summed E-state index contributed by atoms with van der Waals surface area (Å²) < 4.78 is 18.7. The van der Waals surface area contributed by atoms with Crippen LogP contribution in [0.5, 0.6) is 5.75 Å². The van der Waals surface area contributed by atoms with Crippen LogP contribution in [0.15, 0.2) is 12.1 Å². The molecule has 2 rings (SSSR count). The van der Waals surface area contributed by atoms with E-state index in [9.17, 15) is 9.18 Å². The molecule has 0 aromatic heterocycles. The molecule has 1 N–H and O–H groups in total. The van der Waals surface area contributed by atoms with Crippen molar-refractivity contribution in [3.8, 4) is 5.75 Å². The number of halogens is 1. The van der Waals surface area contributed by atoms with Crippen LogP contribution in [0.25, 0.3) is 0 Å². The minimum absolute atomic E-state index is 0.142. The minimum Gasteiger partial charge on any atom is -0.493 e. The first-order chi connectivity index (χ1) is 9.02. The van der Waals surface area contributed by atoms with Crippen LogP contribution in [0.4, 0.5) is 10.1 Å². The van der Waals surface area contributed by atoms with Gasteiger partial charge < -0.3 is 19.6 Å². The molecule has 1 aliphatic rings. The number of likely N-dealkylation sites (N-methyl/N-ethyl adjacent to an activating group) is 1. The number of hydrogen-bond acceptors (Lipinski definition) is 4. The summed E-state index contributed by atoms with van der Waals surface area (Å²) in [5.74, 6) is -2.05. The topological polar surface area (TPSA) is 53.0 Å². The summed E-state index contributed by atoms with van der Waals surface area (Å²) in [6.45, 7) is 3.24. The van der Waals surface area contributed by atoms with Gasteiger partial charge in [-0.15, -0.1) is 0 Å². The van der Waals surface area contributed by atoms with Gasteiger partial charge in [0.15, 0.2) is 11.6 Å². The summed E-state index contributed by atoms with van der Waals surface area (Å²) in [5, 5.41) is 9.11. The zero-order valence-corrected chi connectivity index (χ0v) is 11.0. The van der Waals surface area contributed by atoms with Crippen LogP contribution < -0.4 is 9.64 Å². The molecule has 104 valence electrons. The van der Waals surface area contributed by atoms with Crippen molar-refractivity contribution >= 4 is 11.7 Å². The highest BCUT2D eigenvalue weighted by Gasteiger charge is 2.21. The monoisotopic (exact) mass is 268 g/mol. The molecule has 1 aliphatic heterocycles. The highest BCUT2D eigenvalue weighted by molar-refractivity contribution is 5.92. The van der Waals surface area contributed by atoms with Crippen molar-refractivity contribution in [2.45, 2.75) is 0 Å². The van der Waals surface area contributed by atoms with Crippen LogP contribution in [-0.2, 0) is 0 Å². The molecule has 1 saturated heterocycles. The maximum atomic E-state index is 13.9. The lowest BCUT2D eigenvalue weighted by Crippen LogP contribution is -2.44. The van der Waals surface area contributed by atoms with E-state index in [0.29, 0.717) is 5.69 Å². The second-order valence-electron chi connectivity index (χ2n) is 4.60. The summed E-state index contributed by atoms with van der Waals surface area (Å²) >= 11 is 0. The number of hydrogen-bond donors (Lipinski definition) is 1. The summed E-state index contributed by atoms with van der Waals surface area (Å²) in [6.07, 6.45) is 0. The summed E-state index contributed by atoms with van der Waals surface area (Å²) in [6, 6.07) is 2.80. The van der Waals surface area contributed by atoms with Crippen LogP contribution in [-0.4, -0.2) is 56.3 Å². The number of piperazine rings is 1. The molecule has 0 atom stereocenters. The van der Waals surface area contributed by atoms with E-state index in [1.807, 2.05) is 11.9 Å². The van der Waals surface area contributed by atoms with Gasteiger partial charge in [0.25, 0.3) is 0 Å². The first-order valence-electron chi connectivity index (χ1n) is 6.07. The van der Waals surface area contributed by atoms with Crippen molar-refractivity contribution in [2.75, 3.05) is 45.2 Å². The fourth-order valence-electron chi connectivity index (χ4n) is 2.19. The first-order valence-corrected chi connectivity index (χ1v) is 6.07. The Bertz CT molecular complexity index is 485. The zero-order valence-electron chi connectivity index (χ0n) is 11.0. The molecule has 1 aromatic carbocycles. The maximum Gasteiger partial charge on any atom is 0.339 e. The molecular formula is C13H17FN2O3. The lowest BCUT2D eigenvalue weighted by Gasteiger charge is -2.34. The Morgan fingerprint density at radius 1 is 1.32 bits per heavy atom. The Kier molecular flexibility index (Phi) is 3.90. The molecule has 1 aromatic rings. The maximum absolute atomic E-state index is 13.9. The third kappa shape index (κ3) is 2.78. The van der Waals surface area contributed by atoms with Gasteiger partial charge in [0, 0.05) is 37.9 Å². The minimum atomic E-state index is -1.19. The van der Waals surface area contributed by atoms with Gasteiger partial charge in [0.05, 0.1) is 7.11 Å². The molecular weight excluding hydrogens is 251 g/mol. The number of ether oxygens (including phenoxy) is 1. The van der Waals surface area contributed by atoms with Crippen LogP contribution in [0, 0.1) is 5.82 Å². The Hall–Kier alpha value is -1.82. The molecule has 0 amide bonds. The normalized spacial score (nSPS) is 16.5. The lowest BCUT2D eigenvalue weighted by molar-refractivity contribution is 0.0692. The molecule has 0 aliphatic carbocycles. The van der Waals surface area contributed by atoms with Crippen LogP contribution >= 0.6 is 0 Å². The largest absolute Gasteiger partial charge is 0.493 e. The standard InChI is InChI=1S/C13H17FN2O3/c1-15-3-5-16(6-4-15)9-7-10(13(17)18)12(19-2)11(14)8-9/h7-8H,3-6H2,1-2H3,(H,17,18). The molecule has 5 nitrogen and oxygen atoms in total. The van der Waals surface area contributed by atoms with E-state index in [-0.39, 0.29) is 11.3 Å². The number of carboxylic acids is 1. The smallest absolute Gasteiger partial charge is 0.339 e. The van der Waals surface area contributed by atoms with E-state index in [4.69, 9.17) is 9.84 Å². The number of nitrogens with zero attached hydrogens (tertiary/aromatic N) is 2. The van der Waals surface area contributed by atoms with Crippen molar-refractivity contribution in [3.63, 3.8) is 0 Å². The van der Waals surface area contributed by atoms with Gasteiger partial charge in [-0.05, 0) is 13.1 Å². The predicted octanol–water partition coefficient (Wildman–Crippen LogP) is 1.28. The van der Waals surface area contributed by atoms with E-state index in [1.165, 1.54) is 19.2 Å². The van der Waals surface area contributed by atoms with Crippen molar-refractivity contribution in [1.29, 1.82) is 0 Å². The molecule has 0 saturated carbocycles. The molecule has 0 radical (unpaired) electrons. The summed E-state index contributed by atoms with van der Waals surface area (Å²) in [5.41, 5.74) is 0.445. The Morgan fingerprint density at radius 3 is 2.47 bits per heavy atom. The predicted molar refractivity (Wildman–Crippen MR) is 69.6 cm³/mol. The van der Waals surface area contributed by atoms with Gasteiger partial charge in [0.2, 0.25) is 0 Å². The van der Waals surface area contributed by atoms with Gasteiger partial charge in [-0.3, -0.25) is 0 Å². The number of aromatic carboxylic acids is 1. The van der Waals surface area contributed by atoms with Crippen LogP contribution in [0.1, 0.15) is 10.4 Å². The third-order valence-corrected chi connectivity index (χ3v) is 3.33. The highest BCUT2D eigenvalue weighted by atomic mass is 19.1. The molecule has 6 heteroatoms. The number of carboxylic acid groups (broad SMARTS) is 1. The lowest BCUT2D eigenvalue weighted by atomic mass is 10.1. The quantitative estimate of drug-likeness (QED) is 0.895. The second-order valence-corrected chi connectivity index (χ2v) is 4.60. The van der Waals surface area contributed by atoms with E-state index in [1.54, 1.807) is 0 Å². The number of methoxy groups -OCH3 is 1. The Labute approximate surface area is 111 Å². The van der Waals surface area contributed by atoms with E-state index in [2.05, 4.69) is 4.90 Å². The molecule has 19 heavy (non-hydrogen) atoms. The van der Waals surface area contributed by atoms with E-state index in [0.717, 1.165) is 26.2 Å². The summed E-state index contributed by atoms with van der Waals surface area (Å²) in [7, 11) is 3.29. The van der Waals surface area contributed by atoms with Crippen molar-refractivity contribution in [1.82, 2.24) is 4.90 Å². The zero-order chi connectivity index (χ0) is 14.0. The van der Waals surface area contributed by atoms with Gasteiger partial charge in [0.1, 0.15) is 5.56 Å². The molecule has 1 heterocycles. The number of carbonyl (C=O) groups is 1. The van der Waals surface area contributed by atoms with Crippen molar-refractivity contribution < 1.29 is 19.0 Å². The fourth-order valence-corrected chi connectivity index (χ4v) is 2.19. The average Bonchev–Trinajstić information content (AvgIpc) is 2.38. The second kappa shape index (κ2) is 5.44. The fraction of sp³-hybridized carbons (Fsp3) is 0.462. The van der Waals surface area contributed by atoms with Gasteiger partial charge in [-0.25, -0.2) is 9.18 Å². The molecule has 1 fully saturated rings. The number of anilines is 1.